The largest absolute Gasteiger partial charge is 0.486 e. The molecule has 0 bridgehead atoms. The van der Waals surface area contributed by atoms with Crippen LogP contribution in [0.3, 0.4) is 0 Å². The Morgan fingerprint density at radius 3 is 2.45 bits per heavy atom. The maximum Gasteiger partial charge on any atom is 0.330 e. The monoisotopic (exact) mass is 318 g/mol. The molecular weight excluding hydrogens is 308 g/mol. The Kier molecular flexibility index (Phi) is 4.20. The van der Waals surface area contributed by atoms with Crippen molar-refractivity contribution < 1.29 is 27.4 Å². The van der Waals surface area contributed by atoms with Crippen molar-refractivity contribution in [2.24, 2.45) is 0 Å². The number of esters is 1. The first-order valence-corrected chi connectivity index (χ1v) is 7.87. The molecule has 0 amide bonds. The zero-order valence-electron chi connectivity index (χ0n) is 10.5. The summed E-state index contributed by atoms with van der Waals surface area (Å²) in [6, 6.07) is 2.72. The summed E-state index contributed by atoms with van der Waals surface area (Å²) < 4.78 is 38.2. The van der Waals surface area contributed by atoms with Gasteiger partial charge < -0.3 is 14.2 Å². The average Bonchev–Trinajstić information content (AvgIpc) is 2.42. The van der Waals surface area contributed by atoms with Gasteiger partial charge in [-0.3, -0.25) is 0 Å². The molecule has 0 fully saturated rings. The number of benzene rings is 1. The van der Waals surface area contributed by atoms with Crippen molar-refractivity contribution in [3.8, 4) is 11.5 Å². The molecule has 20 heavy (non-hydrogen) atoms. The number of ether oxygens (including phenoxy) is 3. The molecule has 0 aromatic heterocycles. The van der Waals surface area contributed by atoms with Gasteiger partial charge in [-0.2, -0.15) is 0 Å². The summed E-state index contributed by atoms with van der Waals surface area (Å²) in [5, 5.41) is 0. The van der Waals surface area contributed by atoms with E-state index in [2.05, 4.69) is 4.74 Å². The fraction of sp³-hybridized carbons (Fsp3) is 0.250. The molecule has 0 N–H and O–H groups in total. The SMILES string of the molecule is COC(=O)/C=C/c1cc2c(cc1S(=O)(=O)Cl)OCCO2. The third-order valence-electron chi connectivity index (χ3n) is 2.54. The molecule has 0 saturated heterocycles. The topological polar surface area (TPSA) is 78.9 Å². The van der Waals surface area contributed by atoms with Gasteiger partial charge in [-0.1, -0.05) is 0 Å². The van der Waals surface area contributed by atoms with Crippen molar-refractivity contribution in [3.63, 3.8) is 0 Å². The van der Waals surface area contributed by atoms with E-state index in [9.17, 15) is 13.2 Å². The van der Waals surface area contributed by atoms with Gasteiger partial charge in [0.15, 0.2) is 11.5 Å². The second-order valence-corrected chi connectivity index (χ2v) is 6.36. The maximum absolute atomic E-state index is 11.6. The number of rotatable bonds is 3. The van der Waals surface area contributed by atoms with Gasteiger partial charge >= 0.3 is 5.97 Å². The quantitative estimate of drug-likeness (QED) is 0.478. The summed E-state index contributed by atoms with van der Waals surface area (Å²) in [5.74, 6) is 0.0772. The number of carbonyl (C=O) groups is 1. The predicted molar refractivity (Wildman–Crippen MR) is 71.5 cm³/mol. The van der Waals surface area contributed by atoms with E-state index in [-0.39, 0.29) is 10.5 Å². The van der Waals surface area contributed by atoms with Crippen molar-refractivity contribution >= 4 is 31.8 Å². The Hall–Kier alpha value is -1.73. The fourth-order valence-corrected chi connectivity index (χ4v) is 2.71. The number of hydrogen-bond acceptors (Lipinski definition) is 6. The molecule has 0 saturated carbocycles. The van der Waals surface area contributed by atoms with E-state index in [4.69, 9.17) is 20.2 Å². The minimum atomic E-state index is -3.99. The van der Waals surface area contributed by atoms with Gasteiger partial charge in [0.2, 0.25) is 0 Å². The van der Waals surface area contributed by atoms with Gasteiger partial charge in [-0.25, -0.2) is 13.2 Å². The van der Waals surface area contributed by atoms with Crippen LogP contribution in [0.25, 0.3) is 6.08 Å². The van der Waals surface area contributed by atoms with Crippen LogP contribution in [-0.2, 0) is 18.6 Å². The van der Waals surface area contributed by atoms with Gasteiger partial charge in [0.05, 0.1) is 12.0 Å². The van der Waals surface area contributed by atoms with Crippen molar-refractivity contribution in [1.82, 2.24) is 0 Å². The molecule has 1 aromatic rings. The Balaban J connectivity index is 2.53. The van der Waals surface area contributed by atoms with E-state index < -0.39 is 15.0 Å². The molecule has 1 heterocycles. The Labute approximate surface area is 120 Å². The molecule has 108 valence electrons. The van der Waals surface area contributed by atoms with Crippen LogP contribution in [0.5, 0.6) is 11.5 Å². The molecular formula is C12H11ClO6S. The highest BCUT2D eigenvalue weighted by Crippen LogP contribution is 2.36. The third kappa shape index (κ3) is 3.23. The Morgan fingerprint density at radius 1 is 1.30 bits per heavy atom. The van der Waals surface area contributed by atoms with Gasteiger partial charge in [0.1, 0.15) is 13.2 Å². The molecule has 0 unspecified atom stereocenters. The van der Waals surface area contributed by atoms with Gasteiger partial charge in [-0.15, -0.1) is 0 Å². The average molecular weight is 319 g/mol. The lowest BCUT2D eigenvalue weighted by Crippen LogP contribution is -2.16. The fourth-order valence-electron chi connectivity index (χ4n) is 1.65. The lowest BCUT2D eigenvalue weighted by Gasteiger charge is -2.19. The number of hydrogen-bond donors (Lipinski definition) is 0. The van der Waals surface area contributed by atoms with Crippen LogP contribution in [0.4, 0.5) is 0 Å². The highest BCUT2D eigenvalue weighted by Gasteiger charge is 2.21. The van der Waals surface area contributed by atoms with Crippen molar-refractivity contribution in [2.75, 3.05) is 20.3 Å². The summed E-state index contributed by atoms with van der Waals surface area (Å²) >= 11 is 0. The van der Waals surface area contributed by atoms with Crippen LogP contribution < -0.4 is 9.47 Å². The van der Waals surface area contributed by atoms with E-state index in [0.717, 1.165) is 6.08 Å². The van der Waals surface area contributed by atoms with E-state index in [0.29, 0.717) is 24.7 Å². The zero-order chi connectivity index (χ0) is 14.8. The van der Waals surface area contributed by atoms with Crippen LogP contribution >= 0.6 is 10.7 Å². The summed E-state index contributed by atoms with van der Waals surface area (Å²) in [6.45, 7) is 0.687. The molecule has 0 radical (unpaired) electrons. The molecule has 0 atom stereocenters. The second-order valence-electron chi connectivity index (χ2n) is 3.83. The minimum absolute atomic E-state index is 0.163. The lowest BCUT2D eigenvalue weighted by molar-refractivity contribution is -0.134. The van der Waals surface area contributed by atoms with Crippen molar-refractivity contribution in [2.45, 2.75) is 4.90 Å². The van der Waals surface area contributed by atoms with Crippen LogP contribution in [0, 0.1) is 0 Å². The summed E-state index contributed by atoms with van der Waals surface area (Å²) in [5.41, 5.74) is 0.217. The first-order valence-electron chi connectivity index (χ1n) is 5.56. The maximum atomic E-state index is 11.6. The van der Waals surface area contributed by atoms with Gasteiger partial charge in [0.25, 0.3) is 9.05 Å². The Morgan fingerprint density at radius 2 is 1.90 bits per heavy atom. The van der Waals surface area contributed by atoms with E-state index in [1.165, 1.54) is 25.3 Å². The van der Waals surface area contributed by atoms with E-state index >= 15 is 0 Å². The third-order valence-corrected chi connectivity index (χ3v) is 3.92. The molecule has 1 aliphatic heterocycles. The summed E-state index contributed by atoms with van der Waals surface area (Å²) in [7, 11) is 2.61. The summed E-state index contributed by atoms with van der Waals surface area (Å²) in [6.07, 6.45) is 2.39. The zero-order valence-corrected chi connectivity index (χ0v) is 12.0. The van der Waals surface area contributed by atoms with Gasteiger partial charge in [0, 0.05) is 22.8 Å². The molecule has 1 aliphatic rings. The standard InChI is InChI=1S/C12H11ClO6S/c1-17-12(14)3-2-8-6-9-10(19-5-4-18-9)7-11(8)20(13,15)16/h2-3,6-7H,4-5H2,1H3/b3-2+. The van der Waals surface area contributed by atoms with Crippen LogP contribution in [0.2, 0.25) is 0 Å². The number of methoxy groups -OCH3 is 1. The molecule has 8 heteroatoms. The Bertz CT molecular complexity index is 665. The number of carbonyl (C=O) groups excluding carboxylic acids is 1. The first kappa shape index (κ1) is 14.7. The second kappa shape index (κ2) is 5.72. The molecule has 6 nitrogen and oxygen atoms in total. The van der Waals surface area contributed by atoms with Crippen molar-refractivity contribution in [1.29, 1.82) is 0 Å². The normalized spacial score (nSPS) is 14.3. The van der Waals surface area contributed by atoms with Crippen molar-refractivity contribution in [3.05, 3.63) is 23.8 Å². The minimum Gasteiger partial charge on any atom is -0.486 e. The molecule has 0 spiro atoms. The van der Waals surface area contributed by atoms with Gasteiger partial charge in [-0.05, 0) is 17.7 Å². The lowest BCUT2D eigenvalue weighted by atomic mass is 10.1. The smallest absolute Gasteiger partial charge is 0.330 e. The molecule has 0 aliphatic carbocycles. The first-order chi connectivity index (χ1) is 9.41. The van der Waals surface area contributed by atoms with E-state index in [1.54, 1.807) is 0 Å². The molecule has 1 aromatic carbocycles. The van der Waals surface area contributed by atoms with Crippen LogP contribution in [0.15, 0.2) is 23.1 Å². The van der Waals surface area contributed by atoms with E-state index in [1.807, 2.05) is 0 Å². The predicted octanol–water partition coefficient (Wildman–Crippen LogP) is 1.57. The number of halogens is 1. The summed E-state index contributed by atoms with van der Waals surface area (Å²) in [4.78, 5) is 10.9. The molecule has 2 rings (SSSR count). The van der Waals surface area contributed by atoms with Crippen LogP contribution in [-0.4, -0.2) is 34.7 Å². The highest BCUT2D eigenvalue weighted by molar-refractivity contribution is 8.13. The highest BCUT2D eigenvalue weighted by atomic mass is 35.7. The van der Waals surface area contributed by atoms with Crippen LogP contribution in [0.1, 0.15) is 5.56 Å². The number of fused-ring (bicyclic) bond motifs is 1.